The minimum atomic E-state index is -0.590. The second kappa shape index (κ2) is 4.52. The van der Waals surface area contributed by atoms with Gasteiger partial charge in [-0.1, -0.05) is 0 Å². The van der Waals surface area contributed by atoms with Gasteiger partial charge in [0.2, 0.25) is 5.91 Å². The van der Waals surface area contributed by atoms with Gasteiger partial charge in [-0.3, -0.25) is 4.79 Å². The molecule has 0 fully saturated rings. The molecule has 0 radical (unpaired) electrons. The Kier molecular flexibility index (Phi) is 3.20. The van der Waals surface area contributed by atoms with E-state index in [4.69, 9.17) is 9.47 Å². The normalized spacial score (nSPS) is 16.1. The van der Waals surface area contributed by atoms with Crippen LogP contribution >= 0.6 is 0 Å². The zero-order chi connectivity index (χ0) is 13.3. The highest BCUT2D eigenvalue weighted by Gasteiger charge is 2.42. The van der Waals surface area contributed by atoms with Crippen LogP contribution in [0.2, 0.25) is 0 Å². The summed E-state index contributed by atoms with van der Waals surface area (Å²) in [6.45, 7) is 8.78. The Labute approximate surface area is 107 Å². The molecule has 4 nitrogen and oxygen atoms in total. The van der Waals surface area contributed by atoms with Crippen LogP contribution in [-0.2, 0) is 10.2 Å². The highest BCUT2D eigenvalue weighted by atomic mass is 16.5. The summed E-state index contributed by atoms with van der Waals surface area (Å²) in [5.41, 5.74) is 1.05. The van der Waals surface area contributed by atoms with Gasteiger partial charge in [-0.05, 0) is 39.8 Å². The molecule has 1 aliphatic rings. The number of ether oxygens (including phenoxy) is 2. The summed E-state index contributed by atoms with van der Waals surface area (Å²) in [5.74, 6) is 1.43. The Morgan fingerprint density at radius 2 is 1.67 bits per heavy atom. The number of carbonyl (C=O) groups excluding carboxylic acids is 1. The first-order valence-corrected chi connectivity index (χ1v) is 6.26. The molecule has 0 atom stereocenters. The Hall–Kier alpha value is -1.71. The molecule has 1 heterocycles. The van der Waals surface area contributed by atoms with Crippen molar-refractivity contribution in [1.29, 1.82) is 0 Å². The van der Waals surface area contributed by atoms with E-state index < -0.39 is 5.41 Å². The lowest BCUT2D eigenvalue weighted by Crippen LogP contribution is -2.27. The number of carbonyl (C=O) groups is 1. The number of rotatable bonds is 4. The fourth-order valence-electron chi connectivity index (χ4n) is 2.24. The number of benzene rings is 1. The molecule has 0 bridgehead atoms. The monoisotopic (exact) mass is 249 g/mol. The van der Waals surface area contributed by atoms with E-state index in [0.717, 1.165) is 17.0 Å². The minimum Gasteiger partial charge on any atom is -0.493 e. The fraction of sp³-hybridized carbons (Fsp3) is 0.500. The van der Waals surface area contributed by atoms with Crippen LogP contribution in [-0.4, -0.2) is 19.1 Å². The minimum absolute atomic E-state index is 0.0226. The summed E-state index contributed by atoms with van der Waals surface area (Å²) in [4.78, 5) is 12.0. The fourth-order valence-corrected chi connectivity index (χ4v) is 2.24. The lowest BCUT2D eigenvalue weighted by Gasteiger charge is -2.19. The van der Waals surface area contributed by atoms with E-state index in [1.165, 1.54) is 0 Å². The van der Waals surface area contributed by atoms with E-state index in [9.17, 15) is 4.79 Å². The number of fused-ring (bicyclic) bond motifs is 1. The molecule has 4 heteroatoms. The molecule has 1 aromatic carbocycles. The standard InChI is InChI=1S/C14H19NO3/c1-5-17-9-7-8-10(18-6-2)12-11(9)14(3,4)13(16)15-12/h7-8H,5-6H2,1-4H3,(H,15,16). The maximum absolute atomic E-state index is 12.0. The van der Waals surface area contributed by atoms with Gasteiger partial charge in [0.05, 0.1) is 24.3 Å². The first-order chi connectivity index (χ1) is 8.52. The van der Waals surface area contributed by atoms with Crippen LogP contribution in [0.15, 0.2) is 12.1 Å². The molecule has 0 saturated heterocycles. The molecule has 18 heavy (non-hydrogen) atoms. The molecule has 2 rings (SSSR count). The molecule has 0 saturated carbocycles. The Balaban J connectivity index is 2.58. The SMILES string of the molecule is CCOc1ccc(OCC)c2c1NC(=O)C2(C)C. The van der Waals surface area contributed by atoms with Crippen molar-refractivity contribution in [3.05, 3.63) is 17.7 Å². The van der Waals surface area contributed by atoms with Gasteiger partial charge < -0.3 is 14.8 Å². The van der Waals surface area contributed by atoms with E-state index in [-0.39, 0.29) is 5.91 Å². The summed E-state index contributed by atoms with van der Waals surface area (Å²) in [5, 5.41) is 2.90. The second-order valence-corrected chi connectivity index (χ2v) is 4.76. The largest absolute Gasteiger partial charge is 0.493 e. The van der Waals surface area contributed by atoms with E-state index in [1.54, 1.807) is 0 Å². The van der Waals surface area contributed by atoms with Crippen molar-refractivity contribution in [3.63, 3.8) is 0 Å². The third kappa shape index (κ3) is 1.82. The average Bonchev–Trinajstić information content (AvgIpc) is 2.55. The van der Waals surface area contributed by atoms with Gasteiger partial charge in [0.1, 0.15) is 11.5 Å². The van der Waals surface area contributed by atoms with Crippen LogP contribution in [0.3, 0.4) is 0 Å². The summed E-state index contributed by atoms with van der Waals surface area (Å²) in [7, 11) is 0. The molecular weight excluding hydrogens is 230 g/mol. The topological polar surface area (TPSA) is 47.6 Å². The summed E-state index contributed by atoms with van der Waals surface area (Å²) in [6, 6.07) is 3.71. The number of hydrogen-bond donors (Lipinski definition) is 1. The number of amides is 1. The van der Waals surface area contributed by atoms with Crippen LogP contribution in [0.1, 0.15) is 33.3 Å². The van der Waals surface area contributed by atoms with Crippen molar-refractivity contribution in [2.45, 2.75) is 33.1 Å². The molecule has 1 amide bonds. The molecule has 0 aromatic heterocycles. The zero-order valence-electron chi connectivity index (χ0n) is 11.3. The molecule has 1 aliphatic heterocycles. The van der Waals surface area contributed by atoms with Gasteiger partial charge in [-0.2, -0.15) is 0 Å². The van der Waals surface area contributed by atoms with Crippen LogP contribution in [0.5, 0.6) is 11.5 Å². The van der Waals surface area contributed by atoms with Gasteiger partial charge in [0, 0.05) is 5.56 Å². The third-order valence-electron chi connectivity index (χ3n) is 3.16. The summed E-state index contributed by atoms with van der Waals surface area (Å²) < 4.78 is 11.2. The molecule has 0 aliphatic carbocycles. The Bertz CT molecular complexity index is 480. The molecule has 1 N–H and O–H groups in total. The van der Waals surface area contributed by atoms with Crippen LogP contribution in [0.25, 0.3) is 0 Å². The average molecular weight is 249 g/mol. The Morgan fingerprint density at radius 1 is 1.11 bits per heavy atom. The molecule has 0 spiro atoms. The first kappa shape index (κ1) is 12.7. The summed E-state index contributed by atoms with van der Waals surface area (Å²) >= 11 is 0. The number of hydrogen-bond acceptors (Lipinski definition) is 3. The van der Waals surface area contributed by atoms with Crippen LogP contribution in [0.4, 0.5) is 5.69 Å². The lowest BCUT2D eigenvalue weighted by molar-refractivity contribution is -0.119. The van der Waals surface area contributed by atoms with E-state index in [1.807, 2.05) is 39.8 Å². The van der Waals surface area contributed by atoms with Gasteiger partial charge in [0.15, 0.2) is 0 Å². The lowest BCUT2D eigenvalue weighted by atomic mass is 9.85. The first-order valence-electron chi connectivity index (χ1n) is 6.26. The predicted octanol–water partition coefficient (Wildman–Crippen LogP) is 2.71. The second-order valence-electron chi connectivity index (χ2n) is 4.76. The zero-order valence-corrected chi connectivity index (χ0v) is 11.3. The maximum atomic E-state index is 12.0. The highest BCUT2D eigenvalue weighted by molar-refractivity contribution is 6.08. The molecule has 98 valence electrons. The van der Waals surface area contributed by atoms with Crippen molar-refractivity contribution in [2.24, 2.45) is 0 Å². The third-order valence-corrected chi connectivity index (χ3v) is 3.16. The van der Waals surface area contributed by atoms with E-state index in [0.29, 0.717) is 19.0 Å². The van der Waals surface area contributed by atoms with Crippen molar-refractivity contribution in [2.75, 3.05) is 18.5 Å². The van der Waals surface area contributed by atoms with Crippen molar-refractivity contribution >= 4 is 11.6 Å². The molecular formula is C14H19NO3. The smallest absolute Gasteiger partial charge is 0.234 e. The Morgan fingerprint density at radius 3 is 2.28 bits per heavy atom. The van der Waals surface area contributed by atoms with Crippen LogP contribution in [0, 0.1) is 0 Å². The molecule has 1 aromatic rings. The van der Waals surface area contributed by atoms with Gasteiger partial charge in [-0.15, -0.1) is 0 Å². The quantitative estimate of drug-likeness (QED) is 0.892. The highest BCUT2D eigenvalue weighted by Crippen LogP contribution is 2.47. The van der Waals surface area contributed by atoms with Gasteiger partial charge in [0.25, 0.3) is 0 Å². The van der Waals surface area contributed by atoms with Crippen molar-refractivity contribution in [3.8, 4) is 11.5 Å². The van der Waals surface area contributed by atoms with Crippen molar-refractivity contribution in [1.82, 2.24) is 0 Å². The predicted molar refractivity (Wildman–Crippen MR) is 70.4 cm³/mol. The van der Waals surface area contributed by atoms with Crippen molar-refractivity contribution < 1.29 is 14.3 Å². The molecule has 0 unspecified atom stereocenters. The number of nitrogens with one attached hydrogen (secondary N) is 1. The number of anilines is 1. The van der Waals surface area contributed by atoms with Gasteiger partial charge in [-0.25, -0.2) is 0 Å². The van der Waals surface area contributed by atoms with E-state index in [2.05, 4.69) is 5.32 Å². The van der Waals surface area contributed by atoms with E-state index >= 15 is 0 Å². The van der Waals surface area contributed by atoms with Crippen LogP contribution < -0.4 is 14.8 Å². The van der Waals surface area contributed by atoms with Gasteiger partial charge >= 0.3 is 0 Å². The maximum Gasteiger partial charge on any atom is 0.234 e. The summed E-state index contributed by atoms with van der Waals surface area (Å²) in [6.07, 6.45) is 0.